The predicted octanol–water partition coefficient (Wildman–Crippen LogP) is 2.33. The third-order valence-electron chi connectivity index (χ3n) is 4.04. The van der Waals surface area contributed by atoms with E-state index < -0.39 is 23.9 Å². The molecule has 3 N–H and O–H groups in total. The topological polar surface area (TPSA) is 104 Å². The van der Waals surface area contributed by atoms with Gasteiger partial charge in [-0.15, -0.1) is 0 Å². The van der Waals surface area contributed by atoms with Crippen molar-refractivity contribution in [2.45, 2.75) is 45.3 Å². The minimum absolute atomic E-state index is 0.107. The van der Waals surface area contributed by atoms with Gasteiger partial charge in [0, 0.05) is 18.9 Å². The molecule has 0 saturated heterocycles. The van der Waals surface area contributed by atoms with Gasteiger partial charge >= 0.3 is 5.97 Å². The van der Waals surface area contributed by atoms with Gasteiger partial charge in [0.1, 0.15) is 23.2 Å². The van der Waals surface area contributed by atoms with Crippen LogP contribution < -0.4 is 0 Å². The molecule has 0 amide bonds. The summed E-state index contributed by atoms with van der Waals surface area (Å²) in [5.74, 6) is -1.70. The fraction of sp³-hybridized carbons (Fsp3) is 0.368. The maximum atomic E-state index is 12.5. The van der Waals surface area contributed by atoms with Crippen LogP contribution in [0.5, 0.6) is 11.5 Å². The number of esters is 1. The molecule has 0 fully saturated rings. The van der Waals surface area contributed by atoms with Gasteiger partial charge in [-0.3, -0.25) is 4.79 Å². The third kappa shape index (κ3) is 4.70. The van der Waals surface area contributed by atoms with E-state index in [1.165, 1.54) is 6.08 Å². The van der Waals surface area contributed by atoms with E-state index >= 15 is 0 Å². The van der Waals surface area contributed by atoms with E-state index in [0.29, 0.717) is 12.0 Å². The van der Waals surface area contributed by atoms with Crippen molar-refractivity contribution in [3.8, 4) is 11.5 Å². The van der Waals surface area contributed by atoms with Gasteiger partial charge in [-0.1, -0.05) is 18.2 Å². The van der Waals surface area contributed by atoms with Gasteiger partial charge in [-0.05, 0) is 37.5 Å². The number of carbonyl (C=O) groups excluding carboxylic acids is 2. The highest BCUT2D eigenvalue weighted by molar-refractivity contribution is 5.99. The fourth-order valence-electron chi connectivity index (χ4n) is 2.62. The van der Waals surface area contributed by atoms with Gasteiger partial charge in [0.15, 0.2) is 5.78 Å². The normalized spacial score (nSPS) is 24.8. The van der Waals surface area contributed by atoms with Crippen LogP contribution in [-0.2, 0) is 16.0 Å². The summed E-state index contributed by atoms with van der Waals surface area (Å²) in [6, 6.07) is 1.07. The van der Waals surface area contributed by atoms with Crippen molar-refractivity contribution in [1.82, 2.24) is 0 Å². The quantitative estimate of drug-likeness (QED) is 0.492. The van der Waals surface area contributed by atoms with Crippen LogP contribution in [0.15, 0.2) is 30.4 Å². The number of aliphatic hydroxyl groups is 1. The van der Waals surface area contributed by atoms with E-state index in [1.807, 2.05) is 0 Å². The number of aromatic hydroxyl groups is 2. The molecule has 6 heteroatoms. The number of phenolic OH excluding ortho intramolecular Hbond substituents is 2. The van der Waals surface area contributed by atoms with Crippen molar-refractivity contribution in [1.29, 1.82) is 0 Å². The number of carbonyl (C=O) groups is 2. The monoisotopic (exact) mass is 346 g/mol. The predicted molar refractivity (Wildman–Crippen MR) is 91.6 cm³/mol. The second-order valence-corrected chi connectivity index (χ2v) is 6.12. The molecule has 6 nitrogen and oxygen atoms in total. The Labute approximate surface area is 146 Å². The molecule has 1 aromatic rings. The van der Waals surface area contributed by atoms with Crippen LogP contribution in [-0.4, -0.2) is 39.3 Å². The molecule has 0 spiro atoms. The van der Waals surface area contributed by atoms with Crippen molar-refractivity contribution < 1.29 is 29.6 Å². The average Bonchev–Trinajstić information content (AvgIpc) is 2.51. The van der Waals surface area contributed by atoms with Crippen molar-refractivity contribution in [2.75, 3.05) is 0 Å². The number of ether oxygens (including phenoxy) is 1. The number of benzene rings is 1. The first kappa shape index (κ1) is 18.7. The van der Waals surface area contributed by atoms with E-state index in [0.717, 1.165) is 6.07 Å². The SMILES string of the molecule is Cc1c(O)cc(O)c2c1CC(=O)/C=C/C[C@H](O)/C=C/C[C@@H](C)OC2=O. The lowest BCUT2D eigenvalue weighted by Crippen LogP contribution is -2.18. The Bertz CT molecular complexity index is 732. The number of fused-ring (bicyclic) bond motifs is 1. The molecule has 0 aromatic heterocycles. The molecule has 0 aliphatic carbocycles. The van der Waals surface area contributed by atoms with Crippen LogP contribution in [0.4, 0.5) is 0 Å². The highest BCUT2D eigenvalue weighted by Gasteiger charge is 2.24. The Morgan fingerprint density at radius 1 is 1.12 bits per heavy atom. The molecular weight excluding hydrogens is 324 g/mol. The Kier molecular flexibility index (Phi) is 5.98. The summed E-state index contributed by atoms with van der Waals surface area (Å²) in [5, 5.41) is 29.8. The summed E-state index contributed by atoms with van der Waals surface area (Å²) in [6.07, 6.45) is 5.47. The van der Waals surface area contributed by atoms with Gasteiger partial charge in [0.25, 0.3) is 0 Å². The van der Waals surface area contributed by atoms with Crippen LogP contribution >= 0.6 is 0 Å². The number of rotatable bonds is 0. The van der Waals surface area contributed by atoms with Crippen molar-refractivity contribution in [3.63, 3.8) is 0 Å². The lowest BCUT2D eigenvalue weighted by atomic mass is 9.95. The molecule has 134 valence electrons. The zero-order chi connectivity index (χ0) is 18.6. The lowest BCUT2D eigenvalue weighted by molar-refractivity contribution is -0.114. The number of ketones is 1. The maximum absolute atomic E-state index is 12.5. The number of hydrogen-bond acceptors (Lipinski definition) is 6. The largest absolute Gasteiger partial charge is 0.508 e. The van der Waals surface area contributed by atoms with Gasteiger partial charge < -0.3 is 20.1 Å². The minimum Gasteiger partial charge on any atom is -0.508 e. The number of aliphatic hydroxyl groups excluding tert-OH is 1. The van der Waals surface area contributed by atoms with Crippen LogP contribution in [0.2, 0.25) is 0 Å². The molecule has 1 aliphatic heterocycles. The second kappa shape index (κ2) is 7.98. The average molecular weight is 346 g/mol. The molecule has 1 aliphatic rings. The molecule has 2 rings (SSSR count). The summed E-state index contributed by atoms with van der Waals surface area (Å²) in [4.78, 5) is 24.6. The van der Waals surface area contributed by atoms with Gasteiger partial charge in [0.05, 0.1) is 6.10 Å². The Morgan fingerprint density at radius 3 is 2.56 bits per heavy atom. The van der Waals surface area contributed by atoms with E-state index in [2.05, 4.69) is 0 Å². The molecule has 2 atom stereocenters. The van der Waals surface area contributed by atoms with Gasteiger partial charge in [-0.25, -0.2) is 4.79 Å². The number of phenols is 2. The van der Waals surface area contributed by atoms with Gasteiger partial charge in [-0.2, -0.15) is 0 Å². The van der Waals surface area contributed by atoms with Gasteiger partial charge in [0.2, 0.25) is 0 Å². The highest BCUT2D eigenvalue weighted by atomic mass is 16.5. The van der Waals surface area contributed by atoms with Crippen LogP contribution in [0.25, 0.3) is 0 Å². The number of hydrogen-bond donors (Lipinski definition) is 3. The summed E-state index contributed by atoms with van der Waals surface area (Å²) in [6.45, 7) is 3.26. The van der Waals surface area contributed by atoms with Crippen molar-refractivity contribution in [3.05, 3.63) is 47.1 Å². The van der Waals surface area contributed by atoms with Crippen LogP contribution in [0, 0.1) is 6.92 Å². The van der Waals surface area contributed by atoms with Crippen molar-refractivity contribution >= 4 is 11.8 Å². The Hall–Kier alpha value is -2.60. The van der Waals surface area contributed by atoms with Crippen LogP contribution in [0.1, 0.15) is 41.3 Å². The molecule has 25 heavy (non-hydrogen) atoms. The van der Waals surface area contributed by atoms with Crippen LogP contribution in [0.3, 0.4) is 0 Å². The fourth-order valence-corrected chi connectivity index (χ4v) is 2.62. The summed E-state index contributed by atoms with van der Waals surface area (Å²) < 4.78 is 5.33. The first-order chi connectivity index (χ1) is 11.8. The van der Waals surface area contributed by atoms with Crippen molar-refractivity contribution in [2.24, 2.45) is 0 Å². The Morgan fingerprint density at radius 2 is 1.84 bits per heavy atom. The summed E-state index contributed by atoms with van der Waals surface area (Å²) >= 11 is 0. The molecule has 0 radical (unpaired) electrons. The molecule has 0 bridgehead atoms. The van der Waals surface area contributed by atoms with E-state index in [9.17, 15) is 24.9 Å². The third-order valence-corrected chi connectivity index (χ3v) is 4.04. The Balaban J connectivity index is 2.49. The first-order valence-electron chi connectivity index (χ1n) is 8.09. The number of allylic oxidation sites excluding steroid dienone is 1. The minimum atomic E-state index is -0.758. The zero-order valence-corrected chi connectivity index (χ0v) is 14.2. The molecule has 0 unspecified atom stereocenters. The van der Waals surface area contributed by atoms with E-state index in [4.69, 9.17) is 4.74 Å². The van der Waals surface area contributed by atoms with E-state index in [1.54, 1.807) is 32.1 Å². The molecule has 1 heterocycles. The summed E-state index contributed by atoms with van der Waals surface area (Å²) in [7, 11) is 0. The number of cyclic esters (lactones) is 1. The van der Waals surface area contributed by atoms with E-state index in [-0.39, 0.29) is 35.5 Å². The smallest absolute Gasteiger partial charge is 0.342 e. The zero-order valence-electron chi connectivity index (χ0n) is 14.2. The standard InChI is InChI=1S/C19H22O6/c1-11-5-3-6-13(20)7-4-8-14(21)9-15-12(2)16(22)10-17(23)18(15)19(24)25-11/h3-4,6,8,10-11,13,20,22-23H,5,7,9H2,1-2H3/b6-3+,8-4+/t11-,13-/m1/s1. The first-order valence-corrected chi connectivity index (χ1v) is 8.09. The maximum Gasteiger partial charge on any atom is 0.342 e. The highest BCUT2D eigenvalue weighted by Crippen LogP contribution is 2.33. The molecule has 0 saturated carbocycles. The molecular formula is C19H22O6. The summed E-state index contributed by atoms with van der Waals surface area (Å²) in [5.41, 5.74) is 0.466. The lowest BCUT2D eigenvalue weighted by Gasteiger charge is -2.17. The molecule has 1 aromatic carbocycles. The second-order valence-electron chi connectivity index (χ2n) is 6.12.